The number of imidazole rings is 1. The Morgan fingerprint density at radius 3 is 2.74 bits per heavy atom. The van der Waals surface area contributed by atoms with Gasteiger partial charge in [-0.05, 0) is 6.42 Å². The molecular weight excluding hydrogens is 296 g/mol. The number of piperidine rings is 1. The zero-order valence-corrected chi connectivity index (χ0v) is 11.5. The molecule has 1 unspecified atom stereocenters. The first-order valence-corrected chi connectivity index (χ1v) is 7.20. The van der Waals surface area contributed by atoms with E-state index in [1.807, 2.05) is 0 Å². The smallest absolute Gasteiger partial charge is 0.261 e. The number of aromatic nitrogens is 2. The molecule has 0 saturated carbocycles. The molecule has 104 valence electrons. The number of carbonyl (C=O) groups excluding carboxylic acids is 2. The van der Waals surface area contributed by atoms with Gasteiger partial charge in [0.15, 0.2) is 0 Å². The molecule has 0 aliphatic carbocycles. The number of nitrogens with one attached hydrogen (secondary N) is 2. The van der Waals surface area contributed by atoms with Gasteiger partial charge < -0.3 is 4.57 Å². The Labute approximate surface area is 114 Å². The van der Waals surface area contributed by atoms with Gasteiger partial charge in [0, 0.05) is 13.5 Å². The molecule has 8 nitrogen and oxygen atoms in total. The summed E-state index contributed by atoms with van der Waals surface area (Å²) in [5.74, 6) is -1.09. The van der Waals surface area contributed by atoms with Crippen molar-refractivity contribution in [2.45, 2.75) is 23.9 Å². The minimum atomic E-state index is -4.01. The first-order chi connectivity index (χ1) is 8.81. The predicted octanol–water partition coefficient (Wildman–Crippen LogP) is -0.843. The lowest BCUT2D eigenvalue weighted by Gasteiger charge is -2.21. The van der Waals surface area contributed by atoms with Gasteiger partial charge in [-0.2, -0.15) is 4.72 Å². The fourth-order valence-corrected chi connectivity index (χ4v) is 3.28. The summed E-state index contributed by atoms with van der Waals surface area (Å²) >= 11 is 5.80. The third kappa shape index (κ3) is 2.77. The number of amides is 2. The lowest BCUT2D eigenvalue weighted by Crippen LogP contribution is -2.52. The first kappa shape index (κ1) is 14.0. The van der Waals surface area contributed by atoms with Crippen LogP contribution in [0.15, 0.2) is 11.4 Å². The van der Waals surface area contributed by atoms with Crippen LogP contribution in [0.1, 0.15) is 12.8 Å². The van der Waals surface area contributed by atoms with Gasteiger partial charge in [-0.15, -0.1) is 0 Å². The molecule has 0 spiro atoms. The van der Waals surface area contributed by atoms with Crippen LogP contribution in [-0.2, 0) is 26.7 Å². The van der Waals surface area contributed by atoms with E-state index in [9.17, 15) is 18.0 Å². The molecule has 1 aromatic rings. The Morgan fingerprint density at radius 1 is 1.53 bits per heavy atom. The van der Waals surface area contributed by atoms with E-state index in [-0.39, 0.29) is 23.0 Å². The van der Waals surface area contributed by atoms with E-state index >= 15 is 0 Å². The SMILES string of the molecule is Cn1cnc(S(=O)(=O)NC2CCC(=O)NC2=O)c1Cl. The lowest BCUT2D eigenvalue weighted by atomic mass is 10.1. The average molecular weight is 307 g/mol. The van der Waals surface area contributed by atoms with Gasteiger partial charge in [-0.1, -0.05) is 11.6 Å². The Kier molecular flexibility index (Phi) is 3.61. The third-order valence-corrected chi connectivity index (χ3v) is 4.59. The van der Waals surface area contributed by atoms with Crippen molar-refractivity contribution in [2.24, 2.45) is 7.05 Å². The van der Waals surface area contributed by atoms with Crippen molar-refractivity contribution >= 4 is 33.4 Å². The van der Waals surface area contributed by atoms with E-state index in [0.717, 1.165) is 0 Å². The Balaban J connectivity index is 2.20. The maximum Gasteiger partial charge on any atom is 0.261 e. The molecule has 1 fully saturated rings. The molecule has 1 aromatic heterocycles. The van der Waals surface area contributed by atoms with Gasteiger partial charge in [0.2, 0.25) is 16.8 Å². The Morgan fingerprint density at radius 2 is 2.21 bits per heavy atom. The van der Waals surface area contributed by atoms with Crippen LogP contribution in [0.2, 0.25) is 5.15 Å². The Hall–Kier alpha value is -1.45. The summed E-state index contributed by atoms with van der Waals surface area (Å²) in [6.07, 6.45) is 1.44. The number of hydrogen-bond acceptors (Lipinski definition) is 5. The second-order valence-electron chi connectivity index (χ2n) is 4.08. The largest absolute Gasteiger partial charge is 0.324 e. The van der Waals surface area contributed by atoms with Crippen LogP contribution in [-0.4, -0.2) is 35.8 Å². The van der Waals surface area contributed by atoms with E-state index in [1.165, 1.54) is 10.9 Å². The highest BCUT2D eigenvalue weighted by molar-refractivity contribution is 7.89. The number of imide groups is 1. The van der Waals surface area contributed by atoms with Crippen LogP contribution in [0.25, 0.3) is 0 Å². The summed E-state index contributed by atoms with van der Waals surface area (Å²) < 4.78 is 27.6. The molecular formula is C9H11ClN4O4S. The summed E-state index contributed by atoms with van der Waals surface area (Å²) in [7, 11) is -2.46. The molecule has 1 atom stereocenters. The van der Waals surface area contributed by atoms with Crippen molar-refractivity contribution in [1.29, 1.82) is 0 Å². The summed E-state index contributed by atoms with van der Waals surface area (Å²) in [5, 5.41) is 1.66. The standard InChI is InChI=1S/C9H11ClN4O4S/c1-14-4-11-9(7(14)10)19(17,18)13-5-2-3-6(15)12-8(5)16/h4-5,13H,2-3H2,1H3,(H,12,15,16). The van der Waals surface area contributed by atoms with Crippen molar-refractivity contribution in [3.63, 3.8) is 0 Å². The molecule has 0 radical (unpaired) electrons. The number of aryl methyl sites for hydroxylation is 1. The van der Waals surface area contributed by atoms with E-state index in [4.69, 9.17) is 11.6 Å². The molecule has 2 N–H and O–H groups in total. The summed E-state index contributed by atoms with van der Waals surface area (Å²) in [6, 6.07) is -0.999. The van der Waals surface area contributed by atoms with Gasteiger partial charge in [-0.25, -0.2) is 13.4 Å². The molecule has 2 heterocycles. The van der Waals surface area contributed by atoms with Crippen LogP contribution in [0, 0.1) is 0 Å². The molecule has 1 saturated heterocycles. The van der Waals surface area contributed by atoms with E-state index in [2.05, 4.69) is 15.0 Å². The second kappa shape index (κ2) is 4.91. The monoisotopic (exact) mass is 306 g/mol. The van der Waals surface area contributed by atoms with Crippen LogP contribution in [0.4, 0.5) is 0 Å². The van der Waals surface area contributed by atoms with Gasteiger partial charge in [0.05, 0.1) is 6.33 Å². The third-order valence-electron chi connectivity index (χ3n) is 2.63. The second-order valence-corrected chi connectivity index (χ2v) is 6.06. The number of halogens is 1. The molecule has 2 amide bonds. The molecule has 19 heavy (non-hydrogen) atoms. The lowest BCUT2D eigenvalue weighted by molar-refractivity contribution is -0.134. The zero-order chi connectivity index (χ0) is 14.2. The average Bonchev–Trinajstić information content (AvgIpc) is 2.64. The number of hydrogen-bond donors (Lipinski definition) is 2. The van der Waals surface area contributed by atoms with Crippen LogP contribution in [0.3, 0.4) is 0 Å². The molecule has 10 heteroatoms. The van der Waals surface area contributed by atoms with Crippen molar-refractivity contribution in [1.82, 2.24) is 19.6 Å². The zero-order valence-electron chi connectivity index (χ0n) is 9.88. The maximum atomic E-state index is 12.0. The van der Waals surface area contributed by atoms with Gasteiger partial charge in [0.25, 0.3) is 10.0 Å². The summed E-state index contributed by atoms with van der Waals surface area (Å²) in [5.41, 5.74) is 0. The highest BCUT2D eigenvalue weighted by Crippen LogP contribution is 2.19. The van der Waals surface area contributed by atoms with Crippen LogP contribution < -0.4 is 10.0 Å². The minimum absolute atomic E-state index is 0.0557. The summed E-state index contributed by atoms with van der Waals surface area (Å²) in [4.78, 5) is 26.1. The van der Waals surface area contributed by atoms with Crippen LogP contribution >= 0.6 is 11.6 Å². The minimum Gasteiger partial charge on any atom is -0.324 e. The van der Waals surface area contributed by atoms with E-state index in [0.29, 0.717) is 0 Å². The van der Waals surface area contributed by atoms with Crippen LogP contribution in [0.5, 0.6) is 0 Å². The normalized spacial score (nSPS) is 20.4. The molecule has 2 rings (SSSR count). The summed E-state index contributed by atoms with van der Waals surface area (Å²) in [6.45, 7) is 0. The molecule has 0 aromatic carbocycles. The van der Waals surface area contributed by atoms with E-state index in [1.54, 1.807) is 7.05 Å². The quantitative estimate of drug-likeness (QED) is 0.707. The molecule has 0 bridgehead atoms. The topological polar surface area (TPSA) is 110 Å². The fourth-order valence-electron chi connectivity index (χ4n) is 1.62. The van der Waals surface area contributed by atoms with Gasteiger partial charge in [-0.3, -0.25) is 14.9 Å². The van der Waals surface area contributed by atoms with E-state index < -0.39 is 27.9 Å². The maximum absolute atomic E-state index is 12.0. The number of nitrogens with zero attached hydrogens (tertiary/aromatic N) is 2. The van der Waals surface area contributed by atoms with Crippen molar-refractivity contribution in [2.75, 3.05) is 0 Å². The molecule has 1 aliphatic heterocycles. The number of rotatable bonds is 3. The van der Waals surface area contributed by atoms with Crippen molar-refractivity contribution in [3.05, 3.63) is 11.5 Å². The highest BCUT2D eigenvalue weighted by Gasteiger charge is 2.32. The van der Waals surface area contributed by atoms with Crippen molar-refractivity contribution < 1.29 is 18.0 Å². The Bertz CT molecular complexity index is 639. The fraction of sp³-hybridized carbons (Fsp3) is 0.444. The van der Waals surface area contributed by atoms with Gasteiger partial charge in [0.1, 0.15) is 11.2 Å². The highest BCUT2D eigenvalue weighted by atomic mass is 35.5. The number of sulfonamides is 1. The van der Waals surface area contributed by atoms with Crippen molar-refractivity contribution in [3.8, 4) is 0 Å². The number of carbonyl (C=O) groups is 2. The molecule has 1 aliphatic rings. The first-order valence-electron chi connectivity index (χ1n) is 5.34. The predicted molar refractivity (Wildman–Crippen MR) is 64.7 cm³/mol. The van der Waals surface area contributed by atoms with Gasteiger partial charge >= 0.3 is 0 Å².